The number of rotatable bonds is 5. The van der Waals surface area contributed by atoms with Gasteiger partial charge in [-0.25, -0.2) is 4.39 Å². The molecule has 94 valence electrons. The third kappa shape index (κ3) is 3.57. The molecule has 0 spiro atoms. The van der Waals surface area contributed by atoms with Crippen LogP contribution in [0.5, 0.6) is 5.75 Å². The van der Waals surface area contributed by atoms with E-state index in [4.69, 9.17) is 4.74 Å². The summed E-state index contributed by atoms with van der Waals surface area (Å²) in [7, 11) is 0. The van der Waals surface area contributed by atoms with Crippen molar-refractivity contribution in [1.29, 1.82) is 0 Å². The summed E-state index contributed by atoms with van der Waals surface area (Å²) in [5, 5.41) is 0.589. The number of halogens is 2. The normalized spacial score (nSPS) is 10.3. The van der Waals surface area contributed by atoms with E-state index in [-0.39, 0.29) is 5.82 Å². The molecule has 0 unspecified atom stereocenters. The highest BCUT2D eigenvalue weighted by Crippen LogP contribution is 2.22. The molecule has 0 bridgehead atoms. The molecule has 0 N–H and O–H groups in total. The van der Waals surface area contributed by atoms with Crippen molar-refractivity contribution in [2.45, 2.75) is 11.8 Å². The number of ether oxygens (including phenoxy) is 1. The highest BCUT2D eigenvalue weighted by atomic mass is 79.9. The van der Waals surface area contributed by atoms with Crippen LogP contribution in [0.2, 0.25) is 0 Å². The average molecular weight is 309 g/mol. The fourth-order valence-corrected chi connectivity index (χ4v) is 2.15. The van der Waals surface area contributed by atoms with Crippen molar-refractivity contribution in [3.63, 3.8) is 0 Å². The van der Waals surface area contributed by atoms with Crippen LogP contribution in [0, 0.1) is 5.82 Å². The molecule has 0 aliphatic carbocycles. The summed E-state index contributed by atoms with van der Waals surface area (Å²) in [5.41, 5.74) is 2.07. The maximum atomic E-state index is 13.0. The molecule has 0 saturated heterocycles. The zero-order valence-corrected chi connectivity index (χ0v) is 11.5. The summed E-state index contributed by atoms with van der Waals surface area (Å²) in [5.74, 6) is 0.504. The Labute approximate surface area is 115 Å². The number of hydrogen-bond donors (Lipinski definition) is 0. The van der Waals surface area contributed by atoms with Gasteiger partial charge in [0, 0.05) is 17.3 Å². The zero-order valence-electron chi connectivity index (χ0n) is 9.90. The molecule has 0 heterocycles. The van der Waals surface area contributed by atoms with Gasteiger partial charge in [0.15, 0.2) is 0 Å². The fraction of sp³-hybridized carbons (Fsp3) is 0.200. The molecule has 0 saturated carbocycles. The van der Waals surface area contributed by atoms with E-state index in [9.17, 15) is 4.39 Å². The van der Waals surface area contributed by atoms with Crippen molar-refractivity contribution in [2.75, 3.05) is 6.61 Å². The van der Waals surface area contributed by atoms with Gasteiger partial charge in [-0.3, -0.25) is 0 Å². The molecular formula is C15H14BrFO. The summed E-state index contributed by atoms with van der Waals surface area (Å²) in [6, 6.07) is 14.7. The first-order valence-corrected chi connectivity index (χ1v) is 6.93. The van der Waals surface area contributed by atoms with Crippen molar-refractivity contribution in [2.24, 2.45) is 0 Å². The Kier molecular flexibility index (Phi) is 4.76. The highest BCUT2D eigenvalue weighted by Gasteiger charge is 2.04. The second kappa shape index (κ2) is 6.55. The molecule has 2 aromatic rings. The van der Waals surface area contributed by atoms with Crippen LogP contribution in [-0.4, -0.2) is 6.61 Å². The molecule has 1 nitrogen and oxygen atoms in total. The first kappa shape index (κ1) is 13.1. The summed E-state index contributed by atoms with van der Waals surface area (Å²) in [6.07, 6.45) is 0.847. The number of alkyl halides is 1. The molecule has 0 amide bonds. The number of benzene rings is 2. The van der Waals surface area contributed by atoms with E-state index in [1.54, 1.807) is 6.07 Å². The van der Waals surface area contributed by atoms with E-state index in [0.717, 1.165) is 17.7 Å². The molecule has 0 radical (unpaired) electrons. The Hall–Kier alpha value is -1.35. The molecule has 0 aromatic heterocycles. The van der Waals surface area contributed by atoms with Crippen molar-refractivity contribution in [3.05, 3.63) is 65.5 Å². The van der Waals surface area contributed by atoms with Gasteiger partial charge in [0.1, 0.15) is 11.6 Å². The van der Waals surface area contributed by atoms with Crippen molar-refractivity contribution in [3.8, 4) is 5.75 Å². The maximum Gasteiger partial charge on any atom is 0.123 e. The van der Waals surface area contributed by atoms with Crippen LogP contribution in [0.25, 0.3) is 0 Å². The van der Waals surface area contributed by atoms with Crippen molar-refractivity contribution in [1.82, 2.24) is 0 Å². The molecule has 0 aliphatic heterocycles. The monoisotopic (exact) mass is 308 g/mol. The number of hydrogen-bond acceptors (Lipinski definition) is 1. The van der Waals surface area contributed by atoms with E-state index in [1.165, 1.54) is 17.7 Å². The fourth-order valence-electron chi connectivity index (χ4n) is 1.72. The topological polar surface area (TPSA) is 9.23 Å². The zero-order chi connectivity index (χ0) is 12.8. The summed E-state index contributed by atoms with van der Waals surface area (Å²) < 4.78 is 18.7. The highest BCUT2D eigenvalue weighted by molar-refractivity contribution is 9.08. The van der Waals surface area contributed by atoms with Gasteiger partial charge in [-0.05, 0) is 23.8 Å². The molecule has 0 fully saturated rings. The van der Waals surface area contributed by atoms with Crippen molar-refractivity contribution >= 4 is 15.9 Å². The van der Waals surface area contributed by atoms with Gasteiger partial charge in [0.25, 0.3) is 0 Å². The molecule has 2 aromatic carbocycles. The van der Waals surface area contributed by atoms with Crippen LogP contribution in [0.1, 0.15) is 11.1 Å². The maximum absolute atomic E-state index is 13.0. The molecule has 2 rings (SSSR count). The van der Waals surface area contributed by atoms with Crippen LogP contribution in [0.4, 0.5) is 4.39 Å². The van der Waals surface area contributed by atoms with Crippen LogP contribution in [0.15, 0.2) is 48.5 Å². The van der Waals surface area contributed by atoms with Gasteiger partial charge < -0.3 is 4.74 Å². The molecule has 18 heavy (non-hydrogen) atoms. The third-order valence-corrected chi connectivity index (χ3v) is 3.26. The van der Waals surface area contributed by atoms with Gasteiger partial charge >= 0.3 is 0 Å². The first-order chi connectivity index (χ1) is 8.79. The lowest BCUT2D eigenvalue weighted by Gasteiger charge is -2.10. The van der Waals surface area contributed by atoms with Crippen LogP contribution < -0.4 is 4.74 Å². The Morgan fingerprint density at radius 1 is 1.06 bits per heavy atom. The molecule has 0 aliphatic rings. The molecule has 3 heteroatoms. The van der Waals surface area contributed by atoms with Gasteiger partial charge in [0.2, 0.25) is 0 Å². The summed E-state index contributed by atoms with van der Waals surface area (Å²) >= 11 is 3.33. The predicted molar refractivity (Wildman–Crippen MR) is 74.7 cm³/mol. The van der Waals surface area contributed by atoms with Gasteiger partial charge in [-0.15, -0.1) is 0 Å². The van der Waals surface area contributed by atoms with Crippen molar-refractivity contribution < 1.29 is 9.13 Å². The van der Waals surface area contributed by atoms with Gasteiger partial charge in [0.05, 0.1) is 6.61 Å². The lowest BCUT2D eigenvalue weighted by Crippen LogP contribution is -2.03. The van der Waals surface area contributed by atoms with E-state index < -0.39 is 0 Å². The van der Waals surface area contributed by atoms with Gasteiger partial charge in [-0.2, -0.15) is 0 Å². The van der Waals surface area contributed by atoms with E-state index >= 15 is 0 Å². The second-order valence-corrected chi connectivity index (χ2v) is 4.53. The first-order valence-electron chi connectivity index (χ1n) is 5.80. The van der Waals surface area contributed by atoms with E-state index in [2.05, 4.69) is 28.1 Å². The Morgan fingerprint density at radius 2 is 1.83 bits per heavy atom. The predicted octanol–water partition coefficient (Wildman–Crippen LogP) is 4.34. The summed E-state index contributed by atoms with van der Waals surface area (Å²) in [4.78, 5) is 0. The van der Waals surface area contributed by atoms with Crippen LogP contribution in [0.3, 0.4) is 0 Å². The van der Waals surface area contributed by atoms with E-state index in [1.807, 2.05) is 18.2 Å². The SMILES string of the molecule is Fc1ccc(OCCc2ccccc2)c(CBr)c1. The third-order valence-electron chi connectivity index (χ3n) is 2.66. The average Bonchev–Trinajstić information content (AvgIpc) is 2.41. The van der Waals surface area contributed by atoms with Crippen LogP contribution in [-0.2, 0) is 11.8 Å². The summed E-state index contributed by atoms with van der Waals surface area (Å²) in [6.45, 7) is 0.593. The molecule has 0 atom stereocenters. The molecular weight excluding hydrogens is 295 g/mol. The van der Waals surface area contributed by atoms with Gasteiger partial charge in [-0.1, -0.05) is 46.3 Å². The minimum atomic E-state index is -0.236. The minimum absolute atomic E-state index is 0.236. The Morgan fingerprint density at radius 3 is 2.56 bits per heavy atom. The Bertz CT molecular complexity index is 499. The largest absolute Gasteiger partial charge is 0.493 e. The lowest BCUT2D eigenvalue weighted by molar-refractivity contribution is 0.319. The van der Waals surface area contributed by atoms with E-state index in [0.29, 0.717) is 11.9 Å². The quantitative estimate of drug-likeness (QED) is 0.747. The minimum Gasteiger partial charge on any atom is -0.493 e. The standard InChI is InChI=1S/C15H14BrFO/c16-11-13-10-14(17)6-7-15(13)18-9-8-12-4-2-1-3-5-12/h1-7,10H,8-9,11H2. The lowest BCUT2D eigenvalue weighted by atomic mass is 10.2. The second-order valence-electron chi connectivity index (χ2n) is 3.97. The van der Waals surface area contributed by atoms with Crippen LogP contribution >= 0.6 is 15.9 Å². The smallest absolute Gasteiger partial charge is 0.123 e. The Balaban J connectivity index is 1.94.